The van der Waals surface area contributed by atoms with E-state index in [0.717, 1.165) is 11.8 Å². The first-order chi connectivity index (χ1) is 12.1. The van der Waals surface area contributed by atoms with Crippen molar-refractivity contribution in [3.63, 3.8) is 0 Å². The lowest BCUT2D eigenvalue weighted by Gasteiger charge is -2.07. The van der Waals surface area contributed by atoms with Gasteiger partial charge in [-0.3, -0.25) is 4.79 Å². The molecule has 0 fully saturated rings. The number of nitrogens with zero attached hydrogens (tertiary/aromatic N) is 2. The molecule has 3 rings (SSSR count). The first kappa shape index (κ1) is 20.1. The summed E-state index contributed by atoms with van der Waals surface area (Å²) in [5, 5.41) is 4.26. The van der Waals surface area contributed by atoms with Crippen molar-refractivity contribution in [3.8, 4) is 11.3 Å². The number of thiophene rings is 1. The number of nitrogen functional groups attached to an aromatic ring is 1. The van der Waals surface area contributed by atoms with Crippen LogP contribution in [0.4, 0.5) is 11.6 Å². The van der Waals surface area contributed by atoms with Gasteiger partial charge in [0.1, 0.15) is 4.83 Å². The van der Waals surface area contributed by atoms with Gasteiger partial charge < -0.3 is 16.8 Å². The highest BCUT2D eigenvalue weighted by molar-refractivity contribution is 7.21. The third-order valence-corrected chi connectivity index (χ3v) is 4.34. The van der Waals surface area contributed by atoms with Crippen LogP contribution in [0.1, 0.15) is 30.4 Å². The molecule has 3 aromatic rings. The Balaban J connectivity index is 0.000000431. The Morgan fingerprint density at radius 1 is 1.19 bits per heavy atom. The SMILES string of the molecule is CC(C)(C)N.CNc1nc(-c2ccc(Cl)cc2)c2c(N)c(C=O)sc2n1. The molecule has 0 saturated carbocycles. The van der Waals surface area contributed by atoms with Crippen molar-refractivity contribution < 1.29 is 4.79 Å². The Labute approximate surface area is 161 Å². The Morgan fingerprint density at radius 2 is 1.77 bits per heavy atom. The van der Waals surface area contributed by atoms with Gasteiger partial charge in [-0.05, 0) is 32.9 Å². The predicted octanol–water partition coefficient (Wildman–Crippen LogP) is 4.19. The van der Waals surface area contributed by atoms with Crippen LogP contribution in [0.2, 0.25) is 5.02 Å². The van der Waals surface area contributed by atoms with Gasteiger partial charge in [0, 0.05) is 23.2 Å². The summed E-state index contributed by atoms with van der Waals surface area (Å²) in [6.45, 7) is 5.90. The van der Waals surface area contributed by atoms with Crippen LogP contribution in [-0.4, -0.2) is 28.8 Å². The molecule has 0 aliphatic rings. The number of aldehydes is 1. The van der Waals surface area contributed by atoms with Crippen LogP contribution in [0.5, 0.6) is 0 Å². The van der Waals surface area contributed by atoms with E-state index in [-0.39, 0.29) is 5.54 Å². The number of fused-ring (bicyclic) bond motifs is 1. The molecule has 0 saturated heterocycles. The molecule has 0 amide bonds. The molecule has 8 heteroatoms. The minimum absolute atomic E-state index is 0. The molecule has 0 aliphatic carbocycles. The number of benzene rings is 1. The standard InChI is InChI=1S/C14H11ClN4OS.C4H11N/c1-17-14-18-12(7-2-4-8(15)5-3-7)10-11(16)9(6-20)21-13(10)19-14;1-4(2,3)5/h2-6H,16H2,1H3,(H,17,18,19);5H2,1-3H3. The number of rotatable bonds is 3. The number of nitrogens with one attached hydrogen (secondary N) is 1. The third kappa shape index (κ3) is 4.91. The minimum atomic E-state index is 0. The average Bonchev–Trinajstić information content (AvgIpc) is 2.89. The molecule has 26 heavy (non-hydrogen) atoms. The van der Waals surface area contributed by atoms with Crippen molar-refractivity contribution >= 4 is 51.1 Å². The first-order valence-electron chi connectivity index (χ1n) is 7.91. The molecule has 5 N–H and O–H groups in total. The van der Waals surface area contributed by atoms with E-state index >= 15 is 0 Å². The van der Waals surface area contributed by atoms with Crippen molar-refractivity contribution in [1.82, 2.24) is 9.97 Å². The Morgan fingerprint density at radius 3 is 2.27 bits per heavy atom. The lowest BCUT2D eigenvalue weighted by Crippen LogP contribution is -2.26. The number of anilines is 2. The van der Waals surface area contributed by atoms with Crippen LogP contribution in [0.15, 0.2) is 24.3 Å². The number of nitrogens with two attached hydrogens (primary N) is 2. The highest BCUT2D eigenvalue weighted by atomic mass is 35.5. The van der Waals surface area contributed by atoms with Gasteiger partial charge in [0.25, 0.3) is 0 Å². The quantitative estimate of drug-likeness (QED) is 0.578. The molecular formula is C18H22ClN5OS. The smallest absolute Gasteiger partial charge is 0.224 e. The number of halogens is 1. The van der Waals surface area contributed by atoms with Gasteiger partial charge in [-0.1, -0.05) is 23.7 Å². The van der Waals surface area contributed by atoms with E-state index in [1.54, 1.807) is 19.2 Å². The summed E-state index contributed by atoms with van der Waals surface area (Å²) in [6, 6.07) is 7.29. The van der Waals surface area contributed by atoms with Gasteiger partial charge in [0.2, 0.25) is 5.95 Å². The molecule has 0 aliphatic heterocycles. The van der Waals surface area contributed by atoms with Crippen LogP contribution in [0, 0.1) is 0 Å². The normalized spacial score (nSPS) is 11.0. The van der Waals surface area contributed by atoms with E-state index in [0.29, 0.717) is 37.4 Å². The fourth-order valence-corrected chi connectivity index (χ4v) is 3.09. The average molecular weight is 392 g/mol. The lowest BCUT2D eigenvalue weighted by molar-refractivity contribution is 0.112. The van der Waals surface area contributed by atoms with Crippen molar-refractivity contribution in [2.45, 2.75) is 26.3 Å². The van der Waals surface area contributed by atoms with Crippen LogP contribution >= 0.6 is 22.9 Å². The molecular weight excluding hydrogens is 370 g/mol. The van der Waals surface area contributed by atoms with Crippen molar-refractivity contribution in [3.05, 3.63) is 34.2 Å². The number of hydrogen-bond acceptors (Lipinski definition) is 7. The van der Waals surface area contributed by atoms with Crippen LogP contribution in [0.3, 0.4) is 0 Å². The second kappa shape index (κ2) is 7.99. The molecule has 0 unspecified atom stereocenters. The molecule has 2 aromatic heterocycles. The van der Waals surface area contributed by atoms with E-state index in [4.69, 9.17) is 23.1 Å². The monoisotopic (exact) mass is 391 g/mol. The molecule has 0 spiro atoms. The maximum atomic E-state index is 11.1. The van der Waals surface area contributed by atoms with E-state index in [2.05, 4.69) is 15.3 Å². The molecule has 0 radical (unpaired) electrons. The zero-order valence-electron chi connectivity index (χ0n) is 15.1. The first-order valence-corrected chi connectivity index (χ1v) is 9.11. The van der Waals surface area contributed by atoms with Gasteiger partial charge in [-0.25, -0.2) is 9.97 Å². The summed E-state index contributed by atoms with van der Waals surface area (Å²) in [4.78, 5) is 21.1. The molecule has 6 nitrogen and oxygen atoms in total. The van der Waals surface area contributed by atoms with Crippen molar-refractivity contribution in [1.29, 1.82) is 0 Å². The van der Waals surface area contributed by atoms with Crippen LogP contribution in [-0.2, 0) is 0 Å². The highest BCUT2D eigenvalue weighted by Gasteiger charge is 2.17. The predicted molar refractivity (Wildman–Crippen MR) is 111 cm³/mol. The van der Waals surface area contributed by atoms with Crippen LogP contribution < -0.4 is 16.8 Å². The highest BCUT2D eigenvalue weighted by Crippen LogP contribution is 2.38. The molecule has 138 valence electrons. The van der Waals surface area contributed by atoms with Crippen molar-refractivity contribution in [2.24, 2.45) is 5.73 Å². The van der Waals surface area contributed by atoms with Crippen LogP contribution in [0.25, 0.3) is 21.5 Å². The fraction of sp³-hybridized carbons (Fsp3) is 0.278. The number of hydrogen-bond donors (Lipinski definition) is 3. The maximum Gasteiger partial charge on any atom is 0.224 e. The lowest BCUT2D eigenvalue weighted by atomic mass is 10.1. The topological polar surface area (TPSA) is 107 Å². The number of carbonyl (C=O) groups excluding carboxylic acids is 1. The second-order valence-corrected chi connectivity index (χ2v) is 8.16. The summed E-state index contributed by atoms with van der Waals surface area (Å²) in [5.74, 6) is 0.478. The summed E-state index contributed by atoms with van der Waals surface area (Å²) in [5.41, 5.74) is 13.4. The number of aromatic nitrogens is 2. The zero-order valence-corrected chi connectivity index (χ0v) is 16.7. The summed E-state index contributed by atoms with van der Waals surface area (Å²) in [7, 11) is 1.74. The molecule has 2 heterocycles. The van der Waals surface area contributed by atoms with E-state index in [1.165, 1.54) is 11.3 Å². The summed E-state index contributed by atoms with van der Waals surface area (Å²) in [6.07, 6.45) is 0.742. The maximum absolute atomic E-state index is 11.1. The van der Waals surface area contributed by atoms with Gasteiger partial charge in [-0.2, -0.15) is 0 Å². The van der Waals surface area contributed by atoms with Gasteiger partial charge in [0.05, 0.1) is 21.6 Å². The third-order valence-electron chi connectivity index (χ3n) is 3.07. The summed E-state index contributed by atoms with van der Waals surface area (Å²) < 4.78 is 0. The molecule has 0 bridgehead atoms. The molecule has 0 atom stereocenters. The number of carbonyl (C=O) groups is 1. The van der Waals surface area contributed by atoms with Gasteiger partial charge in [-0.15, -0.1) is 11.3 Å². The van der Waals surface area contributed by atoms with E-state index < -0.39 is 0 Å². The van der Waals surface area contributed by atoms with Crippen molar-refractivity contribution in [2.75, 3.05) is 18.1 Å². The van der Waals surface area contributed by atoms with Gasteiger partial charge in [0.15, 0.2) is 6.29 Å². The Bertz CT molecular complexity index is 910. The fourth-order valence-electron chi connectivity index (χ4n) is 2.06. The Kier molecular flexibility index (Phi) is 6.17. The second-order valence-electron chi connectivity index (χ2n) is 6.70. The summed E-state index contributed by atoms with van der Waals surface area (Å²) >= 11 is 7.17. The van der Waals surface area contributed by atoms with Gasteiger partial charge >= 0.3 is 0 Å². The Hall–Kier alpha value is -2.22. The molecule has 1 aromatic carbocycles. The zero-order chi connectivity index (χ0) is 19.5. The minimum Gasteiger partial charge on any atom is -0.397 e. The largest absolute Gasteiger partial charge is 0.397 e. The van der Waals surface area contributed by atoms with E-state index in [9.17, 15) is 4.79 Å². The van der Waals surface area contributed by atoms with E-state index in [1.807, 2.05) is 32.9 Å².